The molecule has 1 aliphatic heterocycles. The van der Waals surface area contributed by atoms with Crippen LogP contribution in [0.1, 0.15) is 23.6 Å². The quantitative estimate of drug-likeness (QED) is 0.673. The molecule has 1 fully saturated rings. The summed E-state index contributed by atoms with van der Waals surface area (Å²) in [5.74, 6) is 0. The number of nitrogens with zero attached hydrogens (tertiary/aromatic N) is 1. The first-order valence-corrected chi connectivity index (χ1v) is 4.50. The van der Waals surface area contributed by atoms with E-state index in [-0.39, 0.29) is 0 Å². The van der Waals surface area contributed by atoms with Gasteiger partial charge in [0.15, 0.2) is 0 Å². The topological polar surface area (TPSA) is 24.9 Å². The Morgan fingerprint density at radius 2 is 2.42 bits per heavy atom. The fraction of sp³-hybridized carbons (Fsp3) is 0.444. The average molecular weight is 183 g/mol. The summed E-state index contributed by atoms with van der Waals surface area (Å²) >= 11 is 5.75. The molecule has 12 heavy (non-hydrogen) atoms. The van der Waals surface area contributed by atoms with E-state index in [1.54, 1.807) is 0 Å². The van der Waals surface area contributed by atoms with Gasteiger partial charge in [0, 0.05) is 12.2 Å². The molecular weight excluding hydrogens is 172 g/mol. The van der Waals surface area contributed by atoms with E-state index in [9.17, 15) is 0 Å². The maximum absolute atomic E-state index is 5.75. The number of hydrogen-bond acceptors (Lipinski definition) is 2. The van der Waals surface area contributed by atoms with Crippen LogP contribution in [-0.2, 0) is 0 Å². The summed E-state index contributed by atoms with van der Waals surface area (Å²) in [5.41, 5.74) is 2.51. The summed E-state index contributed by atoms with van der Waals surface area (Å²) in [5, 5.41) is 3.92. The zero-order valence-electron chi connectivity index (χ0n) is 6.97. The van der Waals surface area contributed by atoms with Gasteiger partial charge in [0.2, 0.25) is 0 Å². The number of halogens is 1. The molecule has 1 unspecified atom stereocenters. The molecule has 0 amide bonds. The number of rotatable bonds is 1. The van der Waals surface area contributed by atoms with Gasteiger partial charge in [0.1, 0.15) is 5.15 Å². The summed E-state index contributed by atoms with van der Waals surface area (Å²) in [4.78, 5) is 4.07. The third-order valence-electron chi connectivity index (χ3n) is 2.32. The lowest BCUT2D eigenvalue weighted by molar-refractivity contribution is 0.381. The van der Waals surface area contributed by atoms with Crippen molar-refractivity contribution in [3.05, 3.63) is 28.5 Å². The Bertz CT molecular complexity index is 295. The van der Waals surface area contributed by atoms with Crippen LogP contribution >= 0.6 is 11.6 Å². The predicted molar refractivity (Wildman–Crippen MR) is 49.3 cm³/mol. The first-order valence-electron chi connectivity index (χ1n) is 4.13. The zero-order valence-corrected chi connectivity index (χ0v) is 7.73. The van der Waals surface area contributed by atoms with E-state index in [1.165, 1.54) is 17.5 Å². The second-order valence-corrected chi connectivity index (χ2v) is 3.55. The third kappa shape index (κ3) is 1.32. The van der Waals surface area contributed by atoms with Crippen LogP contribution in [0.2, 0.25) is 5.15 Å². The highest BCUT2D eigenvalue weighted by Crippen LogP contribution is 2.25. The van der Waals surface area contributed by atoms with Crippen LogP contribution in [0.15, 0.2) is 12.3 Å². The van der Waals surface area contributed by atoms with Gasteiger partial charge in [-0.1, -0.05) is 11.6 Å². The maximum atomic E-state index is 5.75. The Kier molecular flexibility index (Phi) is 2.03. The summed E-state index contributed by atoms with van der Waals surface area (Å²) < 4.78 is 0. The minimum Gasteiger partial charge on any atom is -0.310 e. The molecule has 2 nitrogen and oxygen atoms in total. The molecule has 0 saturated carbocycles. The van der Waals surface area contributed by atoms with Gasteiger partial charge in [-0.15, -0.1) is 0 Å². The molecule has 1 aromatic heterocycles. The van der Waals surface area contributed by atoms with E-state index in [4.69, 9.17) is 11.6 Å². The molecule has 0 aliphatic carbocycles. The van der Waals surface area contributed by atoms with Crippen LogP contribution in [0.5, 0.6) is 0 Å². The van der Waals surface area contributed by atoms with E-state index in [0.29, 0.717) is 11.2 Å². The predicted octanol–water partition coefficient (Wildman–Crippen LogP) is 2.08. The molecule has 1 saturated heterocycles. The molecule has 1 aromatic rings. The highest BCUT2D eigenvalue weighted by atomic mass is 35.5. The smallest absolute Gasteiger partial charge is 0.129 e. The summed E-state index contributed by atoms with van der Waals surface area (Å²) in [6.07, 6.45) is 3.08. The standard InChI is InChI=1S/C9H11ClN2/c1-6-4-9(10)12-5-7(6)8-2-3-11-8/h4-5,8,11H,2-3H2,1H3. The van der Waals surface area contributed by atoms with E-state index in [2.05, 4.69) is 17.2 Å². The van der Waals surface area contributed by atoms with Crippen LogP contribution in [0.25, 0.3) is 0 Å². The molecule has 64 valence electrons. The molecule has 2 rings (SSSR count). The number of hydrogen-bond donors (Lipinski definition) is 1. The molecule has 0 spiro atoms. The summed E-state index contributed by atoms with van der Waals surface area (Å²) in [6, 6.07) is 2.42. The fourth-order valence-corrected chi connectivity index (χ4v) is 1.66. The largest absolute Gasteiger partial charge is 0.310 e. The lowest BCUT2D eigenvalue weighted by Gasteiger charge is -2.28. The first kappa shape index (κ1) is 8.02. The molecule has 0 bridgehead atoms. The Hall–Kier alpha value is -0.600. The van der Waals surface area contributed by atoms with Gasteiger partial charge in [0.05, 0.1) is 0 Å². The van der Waals surface area contributed by atoms with Gasteiger partial charge in [-0.25, -0.2) is 4.98 Å². The molecule has 2 heterocycles. The Morgan fingerprint density at radius 3 is 2.92 bits per heavy atom. The summed E-state index contributed by atoms with van der Waals surface area (Å²) in [6.45, 7) is 3.19. The van der Waals surface area contributed by atoms with Gasteiger partial charge in [-0.05, 0) is 37.1 Å². The number of nitrogens with one attached hydrogen (secondary N) is 1. The molecule has 0 aromatic carbocycles. The molecule has 1 aliphatic rings. The Labute approximate surface area is 77.0 Å². The fourth-order valence-electron chi connectivity index (χ4n) is 1.45. The van der Waals surface area contributed by atoms with Crippen molar-refractivity contribution in [3.8, 4) is 0 Å². The second kappa shape index (κ2) is 3.04. The molecule has 0 radical (unpaired) electrons. The van der Waals surface area contributed by atoms with E-state index < -0.39 is 0 Å². The van der Waals surface area contributed by atoms with Gasteiger partial charge >= 0.3 is 0 Å². The van der Waals surface area contributed by atoms with Crippen molar-refractivity contribution >= 4 is 11.6 Å². The van der Waals surface area contributed by atoms with Gasteiger partial charge < -0.3 is 5.32 Å². The van der Waals surface area contributed by atoms with Crippen molar-refractivity contribution in [1.82, 2.24) is 10.3 Å². The first-order chi connectivity index (χ1) is 5.77. The Balaban J connectivity index is 2.31. The highest BCUT2D eigenvalue weighted by molar-refractivity contribution is 6.29. The SMILES string of the molecule is Cc1cc(Cl)ncc1C1CCN1. The van der Waals surface area contributed by atoms with Crippen LogP contribution < -0.4 is 5.32 Å². The minimum atomic E-state index is 0.509. The normalized spacial score (nSPS) is 22.0. The van der Waals surface area contributed by atoms with Crippen LogP contribution in [0.4, 0.5) is 0 Å². The average Bonchev–Trinajstić information content (AvgIpc) is 1.91. The highest BCUT2D eigenvalue weighted by Gasteiger charge is 2.20. The van der Waals surface area contributed by atoms with Crippen molar-refractivity contribution in [1.29, 1.82) is 0 Å². The molecule has 3 heteroatoms. The third-order valence-corrected chi connectivity index (χ3v) is 2.52. The van der Waals surface area contributed by atoms with Crippen molar-refractivity contribution in [2.24, 2.45) is 0 Å². The number of pyridine rings is 1. The van der Waals surface area contributed by atoms with Crippen LogP contribution in [-0.4, -0.2) is 11.5 Å². The number of aromatic nitrogens is 1. The van der Waals surface area contributed by atoms with E-state index in [1.807, 2.05) is 12.3 Å². The van der Waals surface area contributed by atoms with Crippen LogP contribution in [0, 0.1) is 6.92 Å². The molecule has 1 atom stereocenters. The van der Waals surface area contributed by atoms with Crippen LogP contribution in [0.3, 0.4) is 0 Å². The minimum absolute atomic E-state index is 0.509. The number of aryl methyl sites for hydroxylation is 1. The second-order valence-electron chi connectivity index (χ2n) is 3.16. The van der Waals surface area contributed by atoms with E-state index >= 15 is 0 Å². The van der Waals surface area contributed by atoms with Crippen molar-refractivity contribution < 1.29 is 0 Å². The maximum Gasteiger partial charge on any atom is 0.129 e. The van der Waals surface area contributed by atoms with Gasteiger partial charge in [-0.3, -0.25) is 0 Å². The monoisotopic (exact) mass is 182 g/mol. The van der Waals surface area contributed by atoms with E-state index in [0.717, 1.165) is 6.54 Å². The van der Waals surface area contributed by atoms with Crippen molar-refractivity contribution in [2.75, 3.05) is 6.54 Å². The zero-order chi connectivity index (χ0) is 8.55. The molecular formula is C9H11ClN2. The van der Waals surface area contributed by atoms with Crippen molar-refractivity contribution in [3.63, 3.8) is 0 Å². The summed E-state index contributed by atoms with van der Waals surface area (Å²) in [7, 11) is 0. The lowest BCUT2D eigenvalue weighted by Crippen LogP contribution is -2.35. The van der Waals surface area contributed by atoms with Crippen molar-refractivity contribution in [2.45, 2.75) is 19.4 Å². The molecule has 1 N–H and O–H groups in total. The Morgan fingerprint density at radius 1 is 1.67 bits per heavy atom. The lowest BCUT2D eigenvalue weighted by atomic mass is 9.96. The van der Waals surface area contributed by atoms with Gasteiger partial charge in [-0.2, -0.15) is 0 Å². The van der Waals surface area contributed by atoms with Gasteiger partial charge in [0.25, 0.3) is 0 Å².